The zero-order valence-corrected chi connectivity index (χ0v) is 11.1. The highest BCUT2D eigenvalue weighted by Crippen LogP contribution is 2.21. The number of hydrogen-bond acceptors (Lipinski definition) is 2. The molecule has 0 radical (unpaired) electrons. The van der Waals surface area contributed by atoms with Crippen LogP contribution >= 0.6 is 0 Å². The molecule has 0 aliphatic carbocycles. The topological polar surface area (TPSA) is 29.5 Å². The van der Waals surface area contributed by atoms with E-state index in [1.54, 1.807) is 24.3 Å². The number of hydrogen-bond donors (Lipinski definition) is 1. The van der Waals surface area contributed by atoms with Gasteiger partial charge in [-0.05, 0) is 30.2 Å². The summed E-state index contributed by atoms with van der Waals surface area (Å²) in [6.45, 7) is 1.85. The lowest BCUT2D eigenvalue weighted by Crippen LogP contribution is -2.01. The monoisotopic (exact) mass is 278 g/mol. The van der Waals surface area contributed by atoms with Crippen molar-refractivity contribution in [1.82, 2.24) is 0 Å². The molecule has 20 heavy (non-hydrogen) atoms. The van der Waals surface area contributed by atoms with Gasteiger partial charge in [0, 0.05) is 5.56 Å². The van der Waals surface area contributed by atoms with Gasteiger partial charge in [0.15, 0.2) is 11.6 Å². The molecule has 2 nitrogen and oxygen atoms in total. The second-order valence-electron chi connectivity index (χ2n) is 4.49. The molecule has 0 heterocycles. The molecule has 2 rings (SSSR count). The van der Waals surface area contributed by atoms with Gasteiger partial charge < -0.3 is 9.84 Å². The number of aliphatic hydroxyl groups is 1. The molecule has 0 aliphatic rings. The minimum absolute atomic E-state index is 0.0424. The molecule has 0 aromatic heterocycles. The third-order valence-electron chi connectivity index (χ3n) is 3.08. The van der Waals surface area contributed by atoms with Gasteiger partial charge in [-0.15, -0.1) is 0 Å². The van der Waals surface area contributed by atoms with Gasteiger partial charge in [-0.1, -0.05) is 31.2 Å². The molecule has 0 saturated carbocycles. The van der Waals surface area contributed by atoms with Gasteiger partial charge in [0.2, 0.25) is 0 Å². The van der Waals surface area contributed by atoms with Crippen LogP contribution in [0.2, 0.25) is 0 Å². The minimum Gasteiger partial charge on any atom is -0.489 e. The molecular formula is C16H16F2O2. The summed E-state index contributed by atoms with van der Waals surface area (Å²) in [6.07, 6.45) is 0.138. The fraction of sp³-hybridized carbons (Fsp3) is 0.250. The van der Waals surface area contributed by atoms with Crippen molar-refractivity contribution in [3.63, 3.8) is 0 Å². The van der Waals surface area contributed by atoms with Crippen LogP contribution in [0.5, 0.6) is 5.75 Å². The Balaban J connectivity index is 2.02. The van der Waals surface area contributed by atoms with Crippen molar-refractivity contribution >= 4 is 0 Å². The lowest BCUT2D eigenvalue weighted by molar-refractivity contribution is 0.173. The third-order valence-corrected chi connectivity index (χ3v) is 3.08. The molecule has 2 aromatic rings. The predicted molar refractivity (Wildman–Crippen MR) is 72.4 cm³/mol. The summed E-state index contributed by atoms with van der Waals surface area (Å²) in [7, 11) is 0. The third kappa shape index (κ3) is 3.33. The first-order chi connectivity index (χ1) is 9.61. The molecular weight excluding hydrogens is 262 g/mol. The van der Waals surface area contributed by atoms with Gasteiger partial charge in [-0.3, -0.25) is 0 Å². The molecule has 2 aromatic carbocycles. The Bertz CT molecular complexity index is 567. The van der Waals surface area contributed by atoms with Gasteiger partial charge in [-0.2, -0.15) is 0 Å². The number of aliphatic hydroxyl groups excluding tert-OH is 1. The van der Waals surface area contributed by atoms with E-state index in [-0.39, 0.29) is 12.2 Å². The summed E-state index contributed by atoms with van der Waals surface area (Å²) in [5, 5.41) is 9.66. The van der Waals surface area contributed by atoms with Crippen LogP contribution in [0, 0.1) is 11.6 Å². The predicted octanol–water partition coefficient (Wildman–Crippen LogP) is 3.99. The van der Waals surface area contributed by atoms with Gasteiger partial charge in [-0.25, -0.2) is 8.78 Å². The molecule has 0 bridgehead atoms. The van der Waals surface area contributed by atoms with Crippen molar-refractivity contribution in [1.29, 1.82) is 0 Å². The zero-order chi connectivity index (χ0) is 14.5. The van der Waals surface area contributed by atoms with E-state index in [4.69, 9.17) is 4.74 Å². The first-order valence-corrected chi connectivity index (χ1v) is 6.45. The van der Waals surface area contributed by atoms with Crippen molar-refractivity contribution in [2.45, 2.75) is 26.1 Å². The Morgan fingerprint density at radius 3 is 2.45 bits per heavy atom. The fourth-order valence-corrected chi connectivity index (χ4v) is 1.84. The van der Waals surface area contributed by atoms with Crippen molar-refractivity contribution in [3.8, 4) is 5.75 Å². The zero-order valence-electron chi connectivity index (χ0n) is 11.1. The number of halogens is 2. The molecule has 4 heteroatoms. The quantitative estimate of drug-likeness (QED) is 0.896. The van der Waals surface area contributed by atoms with E-state index in [0.717, 1.165) is 11.6 Å². The summed E-state index contributed by atoms with van der Waals surface area (Å²) in [5.41, 5.74) is 0.972. The fourth-order valence-electron chi connectivity index (χ4n) is 1.84. The molecule has 0 unspecified atom stereocenters. The van der Waals surface area contributed by atoms with E-state index in [1.165, 1.54) is 12.1 Å². The van der Waals surface area contributed by atoms with E-state index in [0.29, 0.717) is 12.2 Å². The maximum absolute atomic E-state index is 13.4. The highest BCUT2D eigenvalue weighted by molar-refractivity contribution is 5.29. The molecule has 0 amide bonds. The van der Waals surface area contributed by atoms with Gasteiger partial charge >= 0.3 is 0 Å². The average molecular weight is 278 g/mol. The van der Waals surface area contributed by atoms with Crippen LogP contribution in [0.1, 0.15) is 30.6 Å². The molecule has 0 spiro atoms. The van der Waals surface area contributed by atoms with E-state index in [9.17, 15) is 13.9 Å². The highest BCUT2D eigenvalue weighted by atomic mass is 19.2. The number of benzene rings is 2. The van der Waals surface area contributed by atoms with Gasteiger partial charge in [0.25, 0.3) is 0 Å². The lowest BCUT2D eigenvalue weighted by atomic mass is 10.1. The molecule has 0 fully saturated rings. The van der Waals surface area contributed by atoms with Crippen molar-refractivity contribution in [2.24, 2.45) is 0 Å². The lowest BCUT2D eigenvalue weighted by Gasteiger charge is -2.10. The van der Waals surface area contributed by atoms with Gasteiger partial charge in [0.05, 0.1) is 6.10 Å². The van der Waals surface area contributed by atoms with E-state index in [2.05, 4.69) is 0 Å². The first-order valence-electron chi connectivity index (χ1n) is 6.45. The minimum atomic E-state index is -0.884. The summed E-state index contributed by atoms with van der Waals surface area (Å²) in [4.78, 5) is 0. The highest BCUT2D eigenvalue weighted by Gasteiger charge is 2.08. The standard InChI is InChI=1S/C16H16F2O2/c1-2-15(19)11-6-8-13(9-7-11)20-10-12-4-3-5-14(17)16(12)18/h3-9,15,19H,2,10H2,1H3/t15-/m0/s1. The molecule has 1 N–H and O–H groups in total. The van der Waals surface area contributed by atoms with E-state index in [1.807, 2.05) is 6.92 Å². The van der Waals surface area contributed by atoms with Crippen LogP contribution in [-0.2, 0) is 6.61 Å². The van der Waals surface area contributed by atoms with Crippen LogP contribution in [-0.4, -0.2) is 5.11 Å². The summed E-state index contributed by atoms with van der Waals surface area (Å²) in [5.74, 6) is -1.22. The summed E-state index contributed by atoms with van der Waals surface area (Å²) < 4.78 is 31.9. The van der Waals surface area contributed by atoms with Crippen LogP contribution in [0.15, 0.2) is 42.5 Å². The second-order valence-corrected chi connectivity index (χ2v) is 4.49. The Morgan fingerprint density at radius 2 is 1.80 bits per heavy atom. The normalized spacial score (nSPS) is 12.2. The molecule has 0 saturated heterocycles. The maximum atomic E-state index is 13.4. The Hall–Kier alpha value is -1.94. The molecule has 106 valence electrons. The largest absolute Gasteiger partial charge is 0.489 e. The van der Waals surface area contributed by atoms with Crippen LogP contribution in [0.3, 0.4) is 0 Å². The van der Waals surface area contributed by atoms with E-state index >= 15 is 0 Å². The van der Waals surface area contributed by atoms with Crippen molar-refractivity contribution in [3.05, 3.63) is 65.2 Å². The Morgan fingerprint density at radius 1 is 1.10 bits per heavy atom. The van der Waals surface area contributed by atoms with Crippen LogP contribution in [0.25, 0.3) is 0 Å². The Kier molecular flexibility index (Phi) is 4.69. The summed E-state index contributed by atoms with van der Waals surface area (Å²) >= 11 is 0. The summed E-state index contributed by atoms with van der Waals surface area (Å²) in [6, 6.07) is 10.9. The van der Waals surface area contributed by atoms with Gasteiger partial charge in [0.1, 0.15) is 12.4 Å². The maximum Gasteiger partial charge on any atom is 0.165 e. The van der Waals surface area contributed by atoms with Crippen LogP contribution < -0.4 is 4.74 Å². The second kappa shape index (κ2) is 6.48. The van der Waals surface area contributed by atoms with Crippen molar-refractivity contribution in [2.75, 3.05) is 0 Å². The molecule has 0 aliphatic heterocycles. The smallest absolute Gasteiger partial charge is 0.165 e. The Labute approximate surface area is 116 Å². The molecule has 1 atom stereocenters. The van der Waals surface area contributed by atoms with E-state index < -0.39 is 17.7 Å². The SMILES string of the molecule is CC[C@H](O)c1ccc(OCc2cccc(F)c2F)cc1. The van der Waals surface area contributed by atoms with Crippen LogP contribution in [0.4, 0.5) is 8.78 Å². The number of ether oxygens (including phenoxy) is 1. The first kappa shape index (κ1) is 14.5. The number of rotatable bonds is 5. The average Bonchev–Trinajstić information content (AvgIpc) is 2.48. The van der Waals surface area contributed by atoms with Crippen molar-refractivity contribution < 1.29 is 18.6 Å².